The van der Waals surface area contributed by atoms with Crippen molar-refractivity contribution in [2.24, 2.45) is 0 Å². The number of aromatic amines is 1. The van der Waals surface area contributed by atoms with Gasteiger partial charge in [0, 0.05) is 6.07 Å². The number of nitrogens with one attached hydrogen (secondary N) is 1. The summed E-state index contributed by atoms with van der Waals surface area (Å²) >= 11 is 7.96. The average Bonchev–Trinajstić information content (AvgIpc) is 2.31. The standard InChI is InChI=1S/C7H5ClIN3/c1-3-6-4(2-5(8)10-3)11-12-7(6)9/h2H,1H3,(H,11,12). The third kappa shape index (κ3) is 1.19. The predicted molar refractivity (Wildman–Crippen MR) is 56.4 cm³/mol. The van der Waals surface area contributed by atoms with Crippen molar-refractivity contribution in [2.75, 3.05) is 0 Å². The molecule has 0 spiro atoms. The Hall–Kier alpha value is -0.360. The second kappa shape index (κ2) is 2.85. The molecule has 0 bridgehead atoms. The van der Waals surface area contributed by atoms with Crippen LogP contribution in [-0.4, -0.2) is 15.2 Å². The maximum absolute atomic E-state index is 5.77. The maximum Gasteiger partial charge on any atom is 0.131 e. The topological polar surface area (TPSA) is 41.6 Å². The van der Waals surface area contributed by atoms with Crippen LogP contribution in [0.5, 0.6) is 0 Å². The SMILES string of the molecule is Cc1nc(Cl)cc2n[nH]c(I)c12. The Morgan fingerprint density at radius 2 is 2.33 bits per heavy atom. The van der Waals surface area contributed by atoms with Gasteiger partial charge >= 0.3 is 0 Å². The number of rotatable bonds is 0. The maximum atomic E-state index is 5.77. The Morgan fingerprint density at radius 1 is 1.58 bits per heavy atom. The molecule has 0 radical (unpaired) electrons. The summed E-state index contributed by atoms with van der Waals surface area (Å²) < 4.78 is 1.00. The van der Waals surface area contributed by atoms with E-state index in [4.69, 9.17) is 11.6 Å². The van der Waals surface area contributed by atoms with E-state index in [0.717, 1.165) is 20.3 Å². The molecule has 62 valence electrons. The Kier molecular flexibility index (Phi) is 1.96. The zero-order valence-electron chi connectivity index (χ0n) is 6.23. The van der Waals surface area contributed by atoms with Crippen molar-refractivity contribution < 1.29 is 0 Å². The first-order valence-electron chi connectivity index (χ1n) is 3.35. The smallest absolute Gasteiger partial charge is 0.131 e. The van der Waals surface area contributed by atoms with Crippen LogP contribution < -0.4 is 0 Å². The van der Waals surface area contributed by atoms with Crippen molar-refractivity contribution in [2.45, 2.75) is 6.92 Å². The van der Waals surface area contributed by atoms with Gasteiger partial charge in [-0.05, 0) is 29.5 Å². The van der Waals surface area contributed by atoms with Crippen molar-refractivity contribution in [3.63, 3.8) is 0 Å². The molecule has 3 nitrogen and oxygen atoms in total. The van der Waals surface area contributed by atoms with Gasteiger partial charge in [-0.2, -0.15) is 5.10 Å². The molecule has 0 saturated heterocycles. The van der Waals surface area contributed by atoms with Gasteiger partial charge in [0.25, 0.3) is 0 Å². The van der Waals surface area contributed by atoms with E-state index in [-0.39, 0.29) is 0 Å². The van der Waals surface area contributed by atoms with Gasteiger partial charge < -0.3 is 0 Å². The zero-order chi connectivity index (χ0) is 8.72. The molecular formula is C7H5ClIN3. The van der Waals surface area contributed by atoms with Gasteiger partial charge in [-0.1, -0.05) is 11.6 Å². The summed E-state index contributed by atoms with van der Waals surface area (Å²) in [5, 5.41) is 8.51. The number of aryl methyl sites for hydroxylation is 1. The van der Waals surface area contributed by atoms with Crippen LogP contribution in [0.25, 0.3) is 10.9 Å². The summed E-state index contributed by atoms with van der Waals surface area (Å²) in [5.41, 5.74) is 1.78. The molecule has 0 aromatic carbocycles. The van der Waals surface area contributed by atoms with Crippen molar-refractivity contribution in [1.82, 2.24) is 15.2 Å². The van der Waals surface area contributed by atoms with Crippen molar-refractivity contribution in [3.05, 3.63) is 20.6 Å². The summed E-state index contributed by atoms with van der Waals surface area (Å²) in [4.78, 5) is 4.14. The van der Waals surface area contributed by atoms with Crippen LogP contribution in [-0.2, 0) is 0 Å². The van der Waals surface area contributed by atoms with Crippen LogP contribution in [0.2, 0.25) is 5.15 Å². The molecule has 2 rings (SSSR count). The van der Waals surface area contributed by atoms with Crippen LogP contribution in [0, 0.1) is 10.6 Å². The largest absolute Gasteiger partial charge is 0.271 e. The van der Waals surface area contributed by atoms with Gasteiger partial charge in [0.15, 0.2) is 0 Å². The highest BCUT2D eigenvalue weighted by Crippen LogP contribution is 2.22. The van der Waals surface area contributed by atoms with Crippen LogP contribution in [0.1, 0.15) is 5.69 Å². The number of fused-ring (bicyclic) bond motifs is 1. The van der Waals surface area contributed by atoms with E-state index in [1.54, 1.807) is 6.07 Å². The summed E-state index contributed by atoms with van der Waals surface area (Å²) in [7, 11) is 0. The first-order chi connectivity index (χ1) is 5.68. The lowest BCUT2D eigenvalue weighted by Crippen LogP contribution is -1.83. The molecule has 2 heterocycles. The van der Waals surface area contributed by atoms with E-state index in [1.165, 1.54) is 0 Å². The Balaban J connectivity index is 2.93. The highest BCUT2D eigenvalue weighted by Gasteiger charge is 2.07. The first kappa shape index (κ1) is 8.25. The molecule has 0 aliphatic heterocycles. The summed E-state index contributed by atoms with van der Waals surface area (Å²) in [6, 6.07) is 1.75. The molecule has 5 heteroatoms. The van der Waals surface area contributed by atoms with E-state index >= 15 is 0 Å². The van der Waals surface area contributed by atoms with Gasteiger partial charge in [0.1, 0.15) is 8.85 Å². The lowest BCUT2D eigenvalue weighted by Gasteiger charge is -1.95. The molecule has 0 amide bonds. The van der Waals surface area contributed by atoms with E-state index in [9.17, 15) is 0 Å². The second-order valence-corrected chi connectivity index (χ2v) is 3.93. The molecule has 0 fully saturated rings. The fourth-order valence-corrected chi connectivity index (χ4v) is 2.16. The van der Waals surface area contributed by atoms with E-state index in [0.29, 0.717) is 5.15 Å². The highest BCUT2D eigenvalue weighted by molar-refractivity contribution is 14.1. The Bertz CT molecular complexity index is 437. The lowest BCUT2D eigenvalue weighted by atomic mass is 10.3. The molecule has 0 atom stereocenters. The van der Waals surface area contributed by atoms with Gasteiger partial charge in [-0.15, -0.1) is 0 Å². The summed E-state index contributed by atoms with van der Waals surface area (Å²) in [6.07, 6.45) is 0. The van der Waals surface area contributed by atoms with Crippen molar-refractivity contribution >= 4 is 45.1 Å². The zero-order valence-corrected chi connectivity index (χ0v) is 9.14. The normalized spacial score (nSPS) is 10.9. The molecule has 12 heavy (non-hydrogen) atoms. The number of hydrogen-bond donors (Lipinski definition) is 1. The van der Waals surface area contributed by atoms with E-state index < -0.39 is 0 Å². The minimum atomic E-state index is 0.489. The minimum Gasteiger partial charge on any atom is -0.271 e. The Labute approximate surface area is 87.7 Å². The number of aromatic nitrogens is 3. The molecule has 1 N–H and O–H groups in total. The summed E-state index contributed by atoms with van der Waals surface area (Å²) in [6.45, 7) is 1.92. The minimum absolute atomic E-state index is 0.489. The number of nitrogens with zero attached hydrogens (tertiary/aromatic N) is 2. The van der Waals surface area contributed by atoms with Crippen molar-refractivity contribution in [1.29, 1.82) is 0 Å². The lowest BCUT2D eigenvalue weighted by molar-refractivity contribution is 1.09. The third-order valence-corrected chi connectivity index (χ3v) is 2.62. The van der Waals surface area contributed by atoms with E-state index in [1.807, 2.05) is 6.92 Å². The van der Waals surface area contributed by atoms with Gasteiger partial charge in [0.05, 0.1) is 16.6 Å². The van der Waals surface area contributed by atoms with Crippen LogP contribution in [0.15, 0.2) is 6.07 Å². The molecular weight excluding hydrogens is 288 g/mol. The molecule has 2 aromatic heterocycles. The molecule has 0 aliphatic rings. The van der Waals surface area contributed by atoms with E-state index in [2.05, 4.69) is 37.8 Å². The highest BCUT2D eigenvalue weighted by atomic mass is 127. The third-order valence-electron chi connectivity index (χ3n) is 1.64. The summed E-state index contributed by atoms with van der Waals surface area (Å²) in [5.74, 6) is 0. The van der Waals surface area contributed by atoms with Crippen LogP contribution in [0.4, 0.5) is 0 Å². The number of hydrogen-bond acceptors (Lipinski definition) is 2. The van der Waals surface area contributed by atoms with Crippen LogP contribution in [0.3, 0.4) is 0 Å². The quantitative estimate of drug-likeness (QED) is 0.599. The monoisotopic (exact) mass is 293 g/mol. The number of H-pyrrole nitrogens is 1. The number of pyridine rings is 1. The predicted octanol–water partition coefficient (Wildman–Crippen LogP) is 2.52. The molecule has 0 unspecified atom stereocenters. The fourth-order valence-electron chi connectivity index (χ4n) is 1.14. The van der Waals surface area contributed by atoms with Crippen LogP contribution >= 0.6 is 34.2 Å². The second-order valence-electron chi connectivity index (χ2n) is 2.46. The molecule has 0 aliphatic carbocycles. The van der Waals surface area contributed by atoms with Gasteiger partial charge in [-0.25, -0.2) is 4.98 Å². The molecule has 0 saturated carbocycles. The van der Waals surface area contributed by atoms with Crippen molar-refractivity contribution in [3.8, 4) is 0 Å². The fraction of sp³-hybridized carbons (Fsp3) is 0.143. The molecule has 2 aromatic rings. The average molecular weight is 293 g/mol. The number of halogens is 2. The Morgan fingerprint density at radius 3 is 3.08 bits per heavy atom. The van der Waals surface area contributed by atoms with Gasteiger partial charge in [0.2, 0.25) is 0 Å². The van der Waals surface area contributed by atoms with Gasteiger partial charge in [-0.3, -0.25) is 5.10 Å². The first-order valence-corrected chi connectivity index (χ1v) is 4.81.